The zero-order valence-electron chi connectivity index (χ0n) is 20.8. The van der Waals surface area contributed by atoms with Gasteiger partial charge in [0.2, 0.25) is 0 Å². The van der Waals surface area contributed by atoms with E-state index in [2.05, 4.69) is 23.2 Å². The van der Waals surface area contributed by atoms with Crippen LogP contribution in [0.1, 0.15) is 62.1 Å². The van der Waals surface area contributed by atoms with E-state index >= 15 is 0 Å². The number of nitrogens with zero attached hydrogens (tertiary/aromatic N) is 2. The third kappa shape index (κ3) is 6.87. The molecule has 6 heteroatoms. The maximum absolute atomic E-state index is 13.1. The molecule has 1 aliphatic rings. The lowest BCUT2D eigenvalue weighted by molar-refractivity contribution is -0.144. The average Bonchev–Trinajstić information content (AvgIpc) is 3.34. The molecule has 0 aliphatic heterocycles. The summed E-state index contributed by atoms with van der Waals surface area (Å²) in [6, 6.07) is 15.6. The molecular weight excluding hydrogens is 438 g/mol. The van der Waals surface area contributed by atoms with E-state index in [-0.39, 0.29) is 24.6 Å². The van der Waals surface area contributed by atoms with E-state index in [9.17, 15) is 9.59 Å². The fourth-order valence-corrected chi connectivity index (χ4v) is 4.44. The Bertz CT molecular complexity index is 1160. The first-order chi connectivity index (χ1) is 16.9. The lowest BCUT2D eigenvalue weighted by atomic mass is 9.88. The van der Waals surface area contributed by atoms with Gasteiger partial charge in [0.15, 0.2) is 5.78 Å². The van der Waals surface area contributed by atoms with Crippen LogP contribution in [0.15, 0.2) is 42.5 Å². The molecular formula is C29H33N3O3. The third-order valence-electron chi connectivity index (χ3n) is 6.42. The number of rotatable bonds is 9. The molecule has 1 N–H and O–H groups in total. The molecule has 0 heterocycles. The monoisotopic (exact) mass is 471 g/mol. The Morgan fingerprint density at radius 2 is 1.89 bits per heavy atom. The van der Waals surface area contributed by atoms with E-state index in [1.165, 1.54) is 0 Å². The molecule has 0 aromatic heterocycles. The SMILES string of the molecule is CCOC(=O)CCC(=O)C1(Nc2ccc(C#CCN(C)c3cccc(C#N)c3)cc2C)CCCC1. The quantitative estimate of drug-likeness (QED) is 0.410. The Morgan fingerprint density at radius 3 is 2.57 bits per heavy atom. The number of hydrogen-bond donors (Lipinski definition) is 1. The zero-order valence-corrected chi connectivity index (χ0v) is 20.8. The van der Waals surface area contributed by atoms with Crippen molar-refractivity contribution in [1.29, 1.82) is 5.26 Å². The van der Waals surface area contributed by atoms with Crippen molar-refractivity contribution in [1.82, 2.24) is 0 Å². The van der Waals surface area contributed by atoms with Gasteiger partial charge in [0, 0.05) is 30.4 Å². The van der Waals surface area contributed by atoms with Crippen LogP contribution in [0.5, 0.6) is 0 Å². The Hall–Kier alpha value is -3.77. The average molecular weight is 472 g/mol. The Kier molecular flexibility index (Phi) is 8.92. The minimum absolute atomic E-state index is 0.0785. The maximum Gasteiger partial charge on any atom is 0.306 e. The van der Waals surface area contributed by atoms with E-state index in [1.807, 2.05) is 55.3 Å². The lowest BCUT2D eigenvalue weighted by Crippen LogP contribution is -2.44. The molecule has 0 bridgehead atoms. The molecule has 6 nitrogen and oxygen atoms in total. The van der Waals surface area contributed by atoms with E-state index in [4.69, 9.17) is 10.00 Å². The summed E-state index contributed by atoms with van der Waals surface area (Å²) in [6.07, 6.45) is 3.85. The maximum atomic E-state index is 13.1. The number of ether oxygens (including phenoxy) is 1. The molecule has 0 atom stereocenters. The molecule has 1 fully saturated rings. The Labute approximate surface area is 208 Å². The highest BCUT2D eigenvalue weighted by Gasteiger charge is 2.40. The number of aryl methyl sites for hydroxylation is 1. The van der Waals surface area contributed by atoms with Crippen molar-refractivity contribution in [2.24, 2.45) is 0 Å². The van der Waals surface area contributed by atoms with E-state index < -0.39 is 5.54 Å². The van der Waals surface area contributed by atoms with Gasteiger partial charge in [-0.1, -0.05) is 30.7 Å². The van der Waals surface area contributed by atoms with Gasteiger partial charge < -0.3 is 15.0 Å². The second-order valence-electron chi connectivity index (χ2n) is 8.99. The van der Waals surface area contributed by atoms with Crippen molar-refractivity contribution in [2.75, 3.05) is 30.4 Å². The number of nitriles is 1. The van der Waals surface area contributed by atoms with Crippen LogP contribution in [0.25, 0.3) is 0 Å². The number of benzene rings is 2. The lowest BCUT2D eigenvalue weighted by Gasteiger charge is -2.31. The smallest absolute Gasteiger partial charge is 0.306 e. The van der Waals surface area contributed by atoms with Gasteiger partial charge in [-0.3, -0.25) is 9.59 Å². The van der Waals surface area contributed by atoms with Crippen LogP contribution in [0, 0.1) is 30.1 Å². The summed E-state index contributed by atoms with van der Waals surface area (Å²) in [7, 11) is 1.95. The number of ketones is 1. The van der Waals surface area contributed by atoms with E-state index in [1.54, 1.807) is 13.0 Å². The van der Waals surface area contributed by atoms with Gasteiger partial charge in [0.1, 0.15) is 0 Å². The van der Waals surface area contributed by atoms with Crippen LogP contribution in [-0.4, -0.2) is 37.5 Å². The minimum Gasteiger partial charge on any atom is -0.466 e. The number of nitrogens with one attached hydrogen (secondary N) is 1. The number of carbonyl (C=O) groups excluding carboxylic acids is 2. The largest absolute Gasteiger partial charge is 0.466 e. The summed E-state index contributed by atoms with van der Waals surface area (Å²) in [5.74, 6) is 6.16. The van der Waals surface area contributed by atoms with Crippen LogP contribution in [0.3, 0.4) is 0 Å². The summed E-state index contributed by atoms with van der Waals surface area (Å²) in [6.45, 7) is 4.64. The van der Waals surface area contributed by atoms with Gasteiger partial charge in [-0.25, -0.2) is 0 Å². The summed E-state index contributed by atoms with van der Waals surface area (Å²) in [4.78, 5) is 26.8. The first kappa shape index (κ1) is 25.8. The molecule has 0 radical (unpaired) electrons. The fraction of sp³-hybridized carbons (Fsp3) is 0.414. The first-order valence-electron chi connectivity index (χ1n) is 12.1. The fourth-order valence-electron chi connectivity index (χ4n) is 4.44. The third-order valence-corrected chi connectivity index (χ3v) is 6.42. The number of anilines is 2. The molecule has 182 valence electrons. The van der Waals surface area contributed by atoms with Gasteiger partial charge in [0.25, 0.3) is 0 Å². The predicted molar refractivity (Wildman–Crippen MR) is 138 cm³/mol. The van der Waals surface area contributed by atoms with Crippen molar-refractivity contribution in [3.05, 3.63) is 59.2 Å². The van der Waals surface area contributed by atoms with E-state index in [0.717, 1.165) is 48.2 Å². The van der Waals surface area contributed by atoms with Gasteiger partial charge >= 0.3 is 5.97 Å². The molecule has 0 spiro atoms. The van der Waals surface area contributed by atoms with Crippen LogP contribution in [-0.2, 0) is 14.3 Å². The highest BCUT2D eigenvalue weighted by molar-refractivity contribution is 5.93. The zero-order chi connectivity index (χ0) is 25.3. The van der Waals surface area contributed by atoms with Crippen molar-refractivity contribution in [2.45, 2.75) is 57.9 Å². The molecule has 2 aromatic rings. The van der Waals surface area contributed by atoms with Gasteiger partial charge in [-0.2, -0.15) is 5.26 Å². The molecule has 1 aliphatic carbocycles. The summed E-state index contributed by atoms with van der Waals surface area (Å²) >= 11 is 0. The first-order valence-corrected chi connectivity index (χ1v) is 12.1. The topological polar surface area (TPSA) is 82.4 Å². The molecule has 2 aromatic carbocycles. The number of esters is 1. The minimum atomic E-state index is -0.620. The summed E-state index contributed by atoms with van der Waals surface area (Å²) in [5, 5.41) is 12.6. The Balaban J connectivity index is 1.65. The van der Waals surface area contributed by atoms with Crippen molar-refractivity contribution in [3.63, 3.8) is 0 Å². The predicted octanol–water partition coefficient (Wildman–Crippen LogP) is 4.99. The highest BCUT2D eigenvalue weighted by atomic mass is 16.5. The standard InChI is InChI=1S/C29H33N3O3/c1-4-35-28(34)15-14-27(33)29(16-5-6-17-29)31-26-13-12-23(19-22(26)2)10-8-18-32(3)25-11-7-9-24(20-25)21-30/h7,9,11-13,19-20,31H,4-6,14-18H2,1-3H3. The molecule has 1 saturated carbocycles. The molecule has 0 unspecified atom stereocenters. The van der Waals surface area contributed by atoms with Crippen LogP contribution in [0.4, 0.5) is 11.4 Å². The van der Waals surface area contributed by atoms with E-state index in [0.29, 0.717) is 18.7 Å². The molecule has 0 saturated heterocycles. The van der Waals surface area contributed by atoms with Crippen LogP contribution >= 0.6 is 0 Å². The van der Waals surface area contributed by atoms with Crippen molar-refractivity contribution in [3.8, 4) is 17.9 Å². The molecule has 3 rings (SSSR count). The van der Waals surface area contributed by atoms with Crippen molar-refractivity contribution < 1.29 is 14.3 Å². The second kappa shape index (κ2) is 12.1. The highest BCUT2D eigenvalue weighted by Crippen LogP contribution is 2.36. The number of hydrogen-bond acceptors (Lipinski definition) is 6. The van der Waals surface area contributed by atoms with Gasteiger partial charge in [-0.15, -0.1) is 0 Å². The second-order valence-corrected chi connectivity index (χ2v) is 8.99. The molecule has 35 heavy (non-hydrogen) atoms. The number of Topliss-reactive ketones (excluding diaryl/α,β-unsaturated/α-hetero) is 1. The Morgan fingerprint density at radius 1 is 1.11 bits per heavy atom. The number of carbonyl (C=O) groups is 2. The molecule has 0 amide bonds. The van der Waals surface area contributed by atoms with Crippen molar-refractivity contribution >= 4 is 23.1 Å². The van der Waals surface area contributed by atoms with Gasteiger partial charge in [-0.05, 0) is 68.7 Å². The normalized spacial score (nSPS) is 13.8. The van der Waals surface area contributed by atoms with Gasteiger partial charge in [0.05, 0.1) is 36.7 Å². The summed E-state index contributed by atoms with van der Waals surface area (Å²) < 4.78 is 4.98. The van der Waals surface area contributed by atoms with Crippen LogP contribution < -0.4 is 10.2 Å². The summed E-state index contributed by atoms with van der Waals surface area (Å²) in [5.41, 5.74) is 3.81. The van der Waals surface area contributed by atoms with Crippen LogP contribution in [0.2, 0.25) is 0 Å².